The zero-order valence-electron chi connectivity index (χ0n) is 17.4. The summed E-state index contributed by atoms with van der Waals surface area (Å²) in [6, 6.07) is 11.8. The Morgan fingerprint density at radius 3 is 2.83 bits per heavy atom. The minimum absolute atomic E-state index is 0.00422. The number of carbonyl (C=O) groups is 2. The Labute approximate surface area is 177 Å². The Morgan fingerprint density at radius 2 is 2.10 bits per heavy atom. The van der Waals surface area contributed by atoms with Crippen molar-refractivity contribution in [3.63, 3.8) is 0 Å². The first-order chi connectivity index (χ1) is 14.6. The second-order valence-electron chi connectivity index (χ2n) is 8.04. The number of furan rings is 1. The number of likely N-dealkylation sites (tertiary alicyclic amines) is 2. The van der Waals surface area contributed by atoms with Gasteiger partial charge in [-0.1, -0.05) is 12.1 Å². The van der Waals surface area contributed by atoms with Crippen molar-refractivity contribution in [2.75, 3.05) is 33.3 Å². The van der Waals surface area contributed by atoms with Gasteiger partial charge in [-0.05, 0) is 55.8 Å². The quantitative estimate of drug-likeness (QED) is 0.723. The van der Waals surface area contributed by atoms with Crippen molar-refractivity contribution in [3.05, 3.63) is 54.0 Å². The summed E-state index contributed by atoms with van der Waals surface area (Å²) < 4.78 is 10.7. The summed E-state index contributed by atoms with van der Waals surface area (Å²) >= 11 is 0. The molecule has 7 heteroatoms. The molecule has 2 unspecified atom stereocenters. The number of benzene rings is 1. The lowest BCUT2D eigenvalue weighted by molar-refractivity contribution is -0.129. The predicted molar refractivity (Wildman–Crippen MR) is 112 cm³/mol. The molecule has 0 aliphatic carbocycles. The molecule has 2 atom stereocenters. The summed E-state index contributed by atoms with van der Waals surface area (Å²) in [6.45, 7) is 3.41. The second kappa shape index (κ2) is 9.34. The van der Waals surface area contributed by atoms with Crippen molar-refractivity contribution in [2.45, 2.75) is 31.8 Å². The van der Waals surface area contributed by atoms with E-state index in [1.165, 1.54) is 12.8 Å². The topological polar surface area (TPSA) is 75.0 Å². The Bertz CT molecular complexity index is 861. The van der Waals surface area contributed by atoms with Gasteiger partial charge < -0.3 is 19.4 Å². The minimum atomic E-state index is -0.322. The number of rotatable bonds is 8. The Kier molecular flexibility index (Phi) is 6.38. The van der Waals surface area contributed by atoms with Crippen LogP contribution in [0.5, 0.6) is 5.75 Å². The van der Waals surface area contributed by atoms with Crippen LogP contribution in [0.2, 0.25) is 0 Å². The van der Waals surface area contributed by atoms with Gasteiger partial charge in [-0.3, -0.25) is 14.5 Å². The number of ether oxygens (including phenoxy) is 1. The molecule has 2 saturated heterocycles. The van der Waals surface area contributed by atoms with E-state index in [9.17, 15) is 9.59 Å². The summed E-state index contributed by atoms with van der Waals surface area (Å²) in [5.41, 5.74) is 1.14. The molecule has 2 aliphatic heterocycles. The van der Waals surface area contributed by atoms with Crippen molar-refractivity contribution in [1.82, 2.24) is 15.1 Å². The van der Waals surface area contributed by atoms with E-state index in [2.05, 4.69) is 16.3 Å². The molecular formula is C23H29N3O4. The number of nitrogens with one attached hydrogen (secondary N) is 1. The summed E-state index contributed by atoms with van der Waals surface area (Å²) in [7, 11) is 1.66. The van der Waals surface area contributed by atoms with Crippen LogP contribution in [-0.2, 0) is 16.1 Å². The molecule has 2 aliphatic rings. The summed E-state index contributed by atoms with van der Waals surface area (Å²) in [5, 5.41) is 3.11. The van der Waals surface area contributed by atoms with Crippen LogP contribution in [0.15, 0.2) is 47.1 Å². The van der Waals surface area contributed by atoms with E-state index in [1.54, 1.807) is 24.3 Å². The third-order valence-electron chi connectivity index (χ3n) is 6.04. The van der Waals surface area contributed by atoms with Gasteiger partial charge in [0.1, 0.15) is 11.5 Å². The van der Waals surface area contributed by atoms with Crippen molar-refractivity contribution in [2.24, 2.45) is 5.92 Å². The summed E-state index contributed by atoms with van der Waals surface area (Å²) in [6.07, 6.45) is 4.19. The maximum Gasteiger partial charge on any atom is 0.225 e. The molecule has 0 saturated carbocycles. The van der Waals surface area contributed by atoms with Gasteiger partial charge in [-0.2, -0.15) is 0 Å². The van der Waals surface area contributed by atoms with E-state index in [4.69, 9.17) is 9.15 Å². The average Bonchev–Trinajstić information content (AvgIpc) is 3.52. The van der Waals surface area contributed by atoms with E-state index >= 15 is 0 Å². The van der Waals surface area contributed by atoms with E-state index in [0.29, 0.717) is 19.6 Å². The van der Waals surface area contributed by atoms with Gasteiger partial charge in [0.05, 0.1) is 31.9 Å². The highest BCUT2D eigenvalue weighted by atomic mass is 16.5. The minimum Gasteiger partial charge on any atom is -0.497 e. The molecule has 7 nitrogen and oxygen atoms in total. The van der Waals surface area contributed by atoms with Crippen molar-refractivity contribution in [3.8, 4) is 5.75 Å². The predicted octanol–water partition coefficient (Wildman–Crippen LogP) is 2.59. The Hall–Kier alpha value is -2.80. The van der Waals surface area contributed by atoms with Crippen LogP contribution in [0.3, 0.4) is 0 Å². The lowest BCUT2D eigenvalue weighted by Gasteiger charge is -2.29. The smallest absolute Gasteiger partial charge is 0.225 e. The van der Waals surface area contributed by atoms with Gasteiger partial charge in [0.2, 0.25) is 11.8 Å². The first-order valence-electron chi connectivity index (χ1n) is 10.6. The third-order valence-corrected chi connectivity index (χ3v) is 6.04. The van der Waals surface area contributed by atoms with Crippen LogP contribution in [0.4, 0.5) is 0 Å². The Balaban J connectivity index is 1.38. The number of methoxy groups -OCH3 is 1. The fourth-order valence-corrected chi connectivity index (χ4v) is 4.39. The highest BCUT2D eigenvalue weighted by Crippen LogP contribution is 2.28. The standard InChI is InChI=1S/C23H29N3O4/c1-29-19-7-4-6-17(12-19)21(25-9-2-3-10-25)14-24-23(28)18-13-22(27)26(15-18)16-20-8-5-11-30-20/h4-8,11-12,18,21H,2-3,9-10,13-16H2,1H3,(H,24,28). The molecule has 0 radical (unpaired) electrons. The lowest BCUT2D eigenvalue weighted by atomic mass is 10.0. The first kappa shape index (κ1) is 20.5. The lowest BCUT2D eigenvalue weighted by Crippen LogP contribution is -2.40. The van der Waals surface area contributed by atoms with Crippen LogP contribution in [0, 0.1) is 5.92 Å². The number of hydrogen-bond donors (Lipinski definition) is 1. The van der Waals surface area contributed by atoms with Crippen LogP contribution in [0.25, 0.3) is 0 Å². The molecule has 1 N–H and O–H groups in total. The van der Waals surface area contributed by atoms with Gasteiger partial charge in [-0.25, -0.2) is 0 Å². The second-order valence-corrected chi connectivity index (χ2v) is 8.04. The van der Waals surface area contributed by atoms with Crippen molar-refractivity contribution >= 4 is 11.8 Å². The molecule has 0 bridgehead atoms. The van der Waals surface area contributed by atoms with Crippen molar-refractivity contribution < 1.29 is 18.7 Å². The fourth-order valence-electron chi connectivity index (χ4n) is 4.39. The van der Waals surface area contributed by atoms with Crippen LogP contribution < -0.4 is 10.1 Å². The van der Waals surface area contributed by atoms with Crippen molar-refractivity contribution in [1.29, 1.82) is 0 Å². The van der Waals surface area contributed by atoms with E-state index in [0.717, 1.165) is 30.2 Å². The summed E-state index contributed by atoms with van der Waals surface area (Å²) in [5.74, 6) is 1.17. The SMILES string of the molecule is COc1cccc(C(CNC(=O)C2CC(=O)N(Cc3ccco3)C2)N2CCCC2)c1. The van der Waals surface area contributed by atoms with Gasteiger partial charge in [0, 0.05) is 19.5 Å². The fraction of sp³-hybridized carbons (Fsp3) is 0.478. The van der Waals surface area contributed by atoms with Gasteiger partial charge in [0.25, 0.3) is 0 Å². The van der Waals surface area contributed by atoms with Gasteiger partial charge in [-0.15, -0.1) is 0 Å². The molecule has 2 amide bonds. The highest BCUT2D eigenvalue weighted by molar-refractivity contribution is 5.89. The van der Waals surface area contributed by atoms with E-state index < -0.39 is 0 Å². The molecule has 30 heavy (non-hydrogen) atoms. The van der Waals surface area contributed by atoms with Crippen LogP contribution >= 0.6 is 0 Å². The monoisotopic (exact) mass is 411 g/mol. The molecule has 0 spiro atoms. The summed E-state index contributed by atoms with van der Waals surface area (Å²) in [4.78, 5) is 29.3. The number of nitrogens with zero attached hydrogens (tertiary/aromatic N) is 2. The first-order valence-corrected chi connectivity index (χ1v) is 10.6. The van der Waals surface area contributed by atoms with Gasteiger partial charge >= 0.3 is 0 Å². The highest BCUT2D eigenvalue weighted by Gasteiger charge is 2.35. The number of hydrogen-bond acceptors (Lipinski definition) is 5. The number of carbonyl (C=O) groups excluding carboxylic acids is 2. The van der Waals surface area contributed by atoms with Crippen LogP contribution in [0.1, 0.15) is 36.6 Å². The van der Waals surface area contributed by atoms with E-state index in [-0.39, 0.29) is 30.2 Å². The number of amides is 2. The molecule has 1 aromatic heterocycles. The molecule has 4 rings (SSSR count). The molecule has 1 aromatic carbocycles. The molecule has 160 valence electrons. The zero-order valence-corrected chi connectivity index (χ0v) is 17.4. The molecular weight excluding hydrogens is 382 g/mol. The van der Waals surface area contributed by atoms with E-state index in [1.807, 2.05) is 24.3 Å². The maximum absolute atomic E-state index is 12.9. The van der Waals surface area contributed by atoms with Crippen LogP contribution in [-0.4, -0.2) is 54.9 Å². The molecule has 2 aromatic rings. The molecule has 2 fully saturated rings. The maximum atomic E-state index is 12.9. The Morgan fingerprint density at radius 1 is 1.27 bits per heavy atom. The largest absolute Gasteiger partial charge is 0.497 e. The average molecular weight is 412 g/mol. The zero-order chi connectivity index (χ0) is 20.9. The molecule has 3 heterocycles. The van der Waals surface area contributed by atoms with Gasteiger partial charge in [0.15, 0.2) is 0 Å². The normalized spacial score (nSPS) is 20.5. The third kappa shape index (κ3) is 4.67.